The Balaban J connectivity index is 1.51. The maximum atomic E-state index is 13.2. The number of hydrogen-bond donors (Lipinski definition) is 4. The van der Waals surface area contributed by atoms with Crippen LogP contribution in [-0.4, -0.2) is 64.5 Å². The van der Waals surface area contributed by atoms with Gasteiger partial charge in [0.05, 0.1) is 33.1 Å². The number of aliphatic hydroxyl groups excluding tert-OH is 1. The van der Waals surface area contributed by atoms with Crippen LogP contribution in [0, 0.1) is 0 Å². The van der Waals surface area contributed by atoms with Gasteiger partial charge in [-0.3, -0.25) is 14.4 Å². The molecule has 0 radical (unpaired) electrons. The monoisotopic (exact) mass is 623 g/mol. The van der Waals surface area contributed by atoms with Crippen LogP contribution >= 0.6 is 46.1 Å². The number of amides is 3. The summed E-state index contributed by atoms with van der Waals surface area (Å²) >= 11 is 20.3. The highest BCUT2D eigenvalue weighted by atomic mass is 35.5. The molecule has 3 amide bonds. The number of thiophene rings is 1. The SMILES string of the molecule is O=C(NCC[C@H](NC(=O)c1c(Cl)cc2c(c1Cl)CCN(C(=O)c1ccc(Cl)cc1)C2CO)C(=O)O)c1cccs1. The molecule has 1 aliphatic rings. The van der Waals surface area contributed by atoms with Gasteiger partial charge in [-0.05, 0) is 65.7 Å². The van der Waals surface area contributed by atoms with E-state index in [4.69, 9.17) is 34.8 Å². The van der Waals surface area contributed by atoms with Gasteiger partial charge in [-0.1, -0.05) is 40.9 Å². The summed E-state index contributed by atoms with van der Waals surface area (Å²) in [6.45, 7) is -0.193. The summed E-state index contributed by atoms with van der Waals surface area (Å²) in [6.07, 6.45) is 0.200. The van der Waals surface area contributed by atoms with Gasteiger partial charge in [-0.25, -0.2) is 4.79 Å². The van der Waals surface area contributed by atoms with E-state index in [2.05, 4.69) is 10.6 Å². The fourth-order valence-corrected chi connectivity index (χ4v) is 6.01. The largest absolute Gasteiger partial charge is 0.480 e. The molecule has 210 valence electrons. The van der Waals surface area contributed by atoms with E-state index in [1.807, 2.05) is 0 Å². The minimum Gasteiger partial charge on any atom is -0.480 e. The Morgan fingerprint density at radius 3 is 2.42 bits per heavy atom. The summed E-state index contributed by atoms with van der Waals surface area (Å²) in [5.41, 5.74) is 1.31. The number of carboxylic acids is 1. The van der Waals surface area contributed by atoms with E-state index >= 15 is 0 Å². The zero-order chi connectivity index (χ0) is 29.0. The van der Waals surface area contributed by atoms with Gasteiger partial charge in [0.25, 0.3) is 17.7 Å². The lowest BCUT2D eigenvalue weighted by Crippen LogP contribution is -2.44. The standard InChI is InChI=1S/C27H24Cl3N3O6S/c28-15-5-3-14(4-6-15)26(37)33-10-8-16-17(20(33)13-34)12-18(29)22(23(16)30)25(36)32-19(27(38)39)7-9-31-24(35)21-2-1-11-40-21/h1-6,11-12,19-20,34H,7-10,13H2,(H,31,35)(H,32,36)(H,38,39)/t19-,20?/m0/s1. The maximum absolute atomic E-state index is 13.2. The number of nitrogens with zero attached hydrogens (tertiary/aromatic N) is 1. The summed E-state index contributed by atoms with van der Waals surface area (Å²) < 4.78 is 0. The number of carboxylic acid groups (broad SMARTS) is 1. The first-order valence-electron chi connectivity index (χ1n) is 12.2. The number of nitrogens with one attached hydrogen (secondary N) is 2. The molecule has 0 spiro atoms. The van der Waals surface area contributed by atoms with Crippen molar-refractivity contribution in [1.82, 2.24) is 15.5 Å². The van der Waals surface area contributed by atoms with Gasteiger partial charge in [0.2, 0.25) is 0 Å². The zero-order valence-corrected chi connectivity index (χ0v) is 23.9. The highest BCUT2D eigenvalue weighted by molar-refractivity contribution is 7.12. The quantitative estimate of drug-likeness (QED) is 0.278. The van der Waals surface area contributed by atoms with Gasteiger partial charge in [-0.2, -0.15) is 0 Å². The first kappa shape index (κ1) is 29.8. The molecule has 3 aromatic rings. The van der Waals surface area contributed by atoms with Crippen LogP contribution in [0.15, 0.2) is 47.8 Å². The molecule has 0 fully saturated rings. The van der Waals surface area contributed by atoms with E-state index in [-0.39, 0.29) is 53.4 Å². The Labute approximate surface area is 248 Å². The van der Waals surface area contributed by atoms with Crippen molar-refractivity contribution in [2.75, 3.05) is 19.7 Å². The predicted molar refractivity (Wildman–Crippen MR) is 153 cm³/mol. The first-order chi connectivity index (χ1) is 19.1. The number of carbonyl (C=O) groups is 4. The number of rotatable bonds is 9. The van der Waals surface area contributed by atoms with Crippen molar-refractivity contribution in [2.45, 2.75) is 24.9 Å². The Kier molecular flexibility index (Phi) is 9.70. The average molecular weight is 625 g/mol. The van der Waals surface area contributed by atoms with Crippen molar-refractivity contribution in [2.24, 2.45) is 0 Å². The molecule has 9 nitrogen and oxygen atoms in total. The maximum Gasteiger partial charge on any atom is 0.326 e. The molecular formula is C27H24Cl3N3O6S. The third-order valence-corrected chi connectivity index (χ3v) is 8.35. The molecular weight excluding hydrogens is 601 g/mol. The lowest BCUT2D eigenvalue weighted by Gasteiger charge is -2.37. The fourth-order valence-electron chi connectivity index (χ4n) is 4.50. The second-order valence-corrected chi connectivity index (χ2v) is 11.1. The molecule has 1 unspecified atom stereocenters. The summed E-state index contributed by atoms with van der Waals surface area (Å²) in [7, 11) is 0. The van der Waals surface area contributed by atoms with Crippen LogP contribution in [0.4, 0.5) is 0 Å². The van der Waals surface area contributed by atoms with Crippen LogP contribution in [0.2, 0.25) is 15.1 Å². The van der Waals surface area contributed by atoms with Crippen molar-refractivity contribution in [3.8, 4) is 0 Å². The fraction of sp³-hybridized carbons (Fsp3) is 0.259. The lowest BCUT2D eigenvalue weighted by atomic mass is 9.90. The molecule has 0 aliphatic carbocycles. The second-order valence-electron chi connectivity index (χ2n) is 8.96. The molecule has 2 aromatic carbocycles. The Hall–Kier alpha value is -3.15. The van der Waals surface area contributed by atoms with E-state index in [1.54, 1.807) is 41.8 Å². The molecule has 1 aliphatic heterocycles. The number of benzene rings is 2. The van der Waals surface area contributed by atoms with E-state index < -0.39 is 30.6 Å². The Morgan fingerprint density at radius 2 is 1.80 bits per heavy atom. The molecule has 4 N–H and O–H groups in total. The smallest absolute Gasteiger partial charge is 0.326 e. The van der Waals surface area contributed by atoms with Gasteiger partial charge >= 0.3 is 5.97 Å². The minimum atomic E-state index is -1.32. The molecule has 2 atom stereocenters. The number of carbonyl (C=O) groups excluding carboxylic acids is 3. The normalized spacial score (nSPS) is 15.2. The summed E-state index contributed by atoms with van der Waals surface area (Å²) in [4.78, 5) is 52.3. The molecule has 0 saturated carbocycles. The van der Waals surface area contributed by atoms with Crippen LogP contribution in [0.5, 0.6) is 0 Å². The van der Waals surface area contributed by atoms with Crippen LogP contribution in [-0.2, 0) is 11.2 Å². The Bertz CT molecular complexity index is 1430. The molecule has 1 aromatic heterocycles. The number of hydrogen-bond acceptors (Lipinski definition) is 6. The molecule has 40 heavy (non-hydrogen) atoms. The summed E-state index contributed by atoms with van der Waals surface area (Å²) in [5.74, 6) is -2.74. The van der Waals surface area contributed by atoms with Gasteiger partial charge in [0, 0.05) is 23.7 Å². The van der Waals surface area contributed by atoms with Crippen LogP contribution in [0.1, 0.15) is 54.0 Å². The van der Waals surface area contributed by atoms with Crippen molar-refractivity contribution < 1.29 is 29.4 Å². The first-order valence-corrected chi connectivity index (χ1v) is 14.2. The molecule has 13 heteroatoms. The molecule has 0 bridgehead atoms. The topological polar surface area (TPSA) is 136 Å². The van der Waals surface area contributed by atoms with Gasteiger partial charge in [0.15, 0.2) is 0 Å². The predicted octanol–water partition coefficient (Wildman–Crippen LogP) is 4.44. The van der Waals surface area contributed by atoms with Crippen molar-refractivity contribution in [3.63, 3.8) is 0 Å². The van der Waals surface area contributed by atoms with E-state index in [0.29, 0.717) is 26.6 Å². The van der Waals surface area contributed by atoms with Crippen LogP contribution < -0.4 is 10.6 Å². The summed E-state index contributed by atoms with van der Waals surface area (Å²) in [6, 6.07) is 9.13. The van der Waals surface area contributed by atoms with E-state index in [0.717, 1.165) is 0 Å². The molecule has 4 rings (SSSR count). The minimum absolute atomic E-state index is 0.00922. The van der Waals surface area contributed by atoms with E-state index in [1.165, 1.54) is 22.3 Å². The lowest BCUT2D eigenvalue weighted by molar-refractivity contribution is -0.139. The molecule has 0 saturated heterocycles. The average Bonchev–Trinajstić information content (AvgIpc) is 3.47. The highest BCUT2D eigenvalue weighted by Gasteiger charge is 2.35. The number of aliphatic hydroxyl groups is 1. The van der Waals surface area contributed by atoms with Gasteiger partial charge in [-0.15, -0.1) is 11.3 Å². The third kappa shape index (κ3) is 6.42. The van der Waals surface area contributed by atoms with Crippen LogP contribution in [0.25, 0.3) is 0 Å². The molecule has 2 heterocycles. The Morgan fingerprint density at radius 1 is 1.07 bits per heavy atom. The third-order valence-electron chi connectivity index (χ3n) is 6.51. The number of aliphatic carboxylic acids is 1. The highest BCUT2D eigenvalue weighted by Crippen LogP contribution is 2.39. The number of fused-ring (bicyclic) bond motifs is 1. The van der Waals surface area contributed by atoms with Crippen LogP contribution in [0.3, 0.4) is 0 Å². The van der Waals surface area contributed by atoms with Gasteiger partial charge in [0.1, 0.15) is 6.04 Å². The van der Waals surface area contributed by atoms with Crippen molar-refractivity contribution >= 4 is 69.8 Å². The zero-order valence-electron chi connectivity index (χ0n) is 20.8. The number of halogens is 3. The van der Waals surface area contributed by atoms with Crippen molar-refractivity contribution in [3.05, 3.63) is 90.0 Å². The summed E-state index contributed by atoms with van der Waals surface area (Å²) in [5, 5.41) is 27.1. The van der Waals surface area contributed by atoms with Gasteiger partial charge < -0.3 is 25.7 Å². The van der Waals surface area contributed by atoms with Crippen molar-refractivity contribution in [1.29, 1.82) is 0 Å². The second kappa shape index (κ2) is 13.0. The van der Waals surface area contributed by atoms with E-state index in [9.17, 15) is 29.4 Å².